The summed E-state index contributed by atoms with van der Waals surface area (Å²) in [5.74, 6) is -0.726. The van der Waals surface area contributed by atoms with Crippen molar-refractivity contribution in [1.82, 2.24) is 15.5 Å². The van der Waals surface area contributed by atoms with Gasteiger partial charge in [-0.05, 0) is 56.4 Å². The third-order valence-corrected chi connectivity index (χ3v) is 11.2. The van der Waals surface area contributed by atoms with Crippen LogP contribution in [-0.4, -0.2) is 64.8 Å². The van der Waals surface area contributed by atoms with E-state index in [1.807, 2.05) is 20.8 Å². The van der Waals surface area contributed by atoms with E-state index in [-0.39, 0.29) is 30.5 Å². The van der Waals surface area contributed by atoms with Crippen molar-refractivity contribution in [1.29, 1.82) is 0 Å². The van der Waals surface area contributed by atoms with Gasteiger partial charge in [0.1, 0.15) is 29.2 Å². The van der Waals surface area contributed by atoms with Crippen LogP contribution in [0.2, 0.25) is 0 Å². The van der Waals surface area contributed by atoms with Crippen molar-refractivity contribution in [3.8, 4) is 5.75 Å². The molecule has 1 aromatic rings. The standard InChI is InChI=1S/C30H44N3O7P/c1-6-21-18-30(21,41(37,38)19-20-12-7-10-16-24(20)39-5)32-26(34)23-15-11-17-33(23)27(35)25(29(2,3)4)31-28(36)40-22-13-8-9-14-22/h6-7,10,12,16,21-23,25H,1,8-9,11,13-15,17-19H2,2-5H3,(H,31,36)(H,32,34)(H,37,38)/t21-,23+,25-,30+/m1/s1. The summed E-state index contributed by atoms with van der Waals surface area (Å²) in [7, 11) is -2.49. The van der Waals surface area contributed by atoms with Gasteiger partial charge in [-0.15, -0.1) is 6.58 Å². The number of likely N-dealkylation sites (tertiary alicyclic amines) is 1. The normalized spacial score (nSPS) is 26.5. The predicted molar refractivity (Wildman–Crippen MR) is 156 cm³/mol. The molecule has 0 bridgehead atoms. The number of carbonyl (C=O) groups excluding carboxylic acids is 3. The van der Waals surface area contributed by atoms with Crippen molar-refractivity contribution in [2.75, 3.05) is 13.7 Å². The maximum atomic E-state index is 13.9. The van der Waals surface area contributed by atoms with Crippen LogP contribution in [0.3, 0.4) is 0 Å². The van der Waals surface area contributed by atoms with Crippen LogP contribution in [0.15, 0.2) is 36.9 Å². The number of hydrogen-bond donors (Lipinski definition) is 3. The van der Waals surface area contributed by atoms with Gasteiger partial charge in [-0.1, -0.05) is 45.0 Å². The van der Waals surface area contributed by atoms with E-state index >= 15 is 0 Å². The van der Waals surface area contributed by atoms with Gasteiger partial charge < -0.3 is 29.9 Å². The highest BCUT2D eigenvalue weighted by Gasteiger charge is 2.65. The molecule has 0 aromatic heterocycles. The number of para-hydroxylation sites is 1. The summed E-state index contributed by atoms with van der Waals surface area (Å²) < 4.78 is 24.8. The van der Waals surface area contributed by atoms with Crippen molar-refractivity contribution in [3.63, 3.8) is 0 Å². The van der Waals surface area contributed by atoms with Gasteiger partial charge in [0.25, 0.3) is 0 Å². The molecule has 10 nitrogen and oxygen atoms in total. The fourth-order valence-corrected chi connectivity index (χ4v) is 8.51. The molecule has 0 spiro atoms. The Morgan fingerprint density at radius 2 is 1.88 bits per heavy atom. The number of benzene rings is 1. The first-order valence-corrected chi connectivity index (χ1v) is 16.3. The molecule has 3 amide bonds. The molecular weight excluding hydrogens is 545 g/mol. The van der Waals surface area contributed by atoms with Gasteiger partial charge in [-0.3, -0.25) is 14.2 Å². The van der Waals surface area contributed by atoms with Gasteiger partial charge in [0.2, 0.25) is 19.2 Å². The minimum absolute atomic E-state index is 0.145. The fraction of sp³-hybridized carbons (Fsp3) is 0.633. The number of methoxy groups -OCH3 is 1. The van der Waals surface area contributed by atoms with Crippen LogP contribution in [0, 0.1) is 11.3 Å². The van der Waals surface area contributed by atoms with Crippen LogP contribution in [-0.2, 0) is 25.1 Å². The van der Waals surface area contributed by atoms with Gasteiger partial charge in [-0.2, -0.15) is 0 Å². The van der Waals surface area contributed by atoms with Crippen molar-refractivity contribution < 1.29 is 33.3 Å². The molecule has 1 aliphatic heterocycles. The number of amides is 3. The Morgan fingerprint density at radius 1 is 1.20 bits per heavy atom. The van der Waals surface area contributed by atoms with Crippen molar-refractivity contribution in [2.24, 2.45) is 11.3 Å². The molecule has 5 atom stereocenters. The Balaban J connectivity index is 1.49. The van der Waals surface area contributed by atoms with Crippen molar-refractivity contribution >= 4 is 25.3 Å². The number of nitrogens with zero attached hydrogens (tertiary/aromatic N) is 1. The number of ether oxygens (including phenoxy) is 2. The average Bonchev–Trinajstić information content (AvgIpc) is 3.24. The second-order valence-electron chi connectivity index (χ2n) is 12.6. The molecular formula is C30H44N3O7P. The molecule has 3 aliphatic rings. The van der Waals surface area contributed by atoms with Gasteiger partial charge >= 0.3 is 6.09 Å². The Bertz CT molecular complexity index is 1210. The molecule has 1 saturated heterocycles. The summed E-state index contributed by atoms with van der Waals surface area (Å²) in [6.07, 6.45) is 5.60. The summed E-state index contributed by atoms with van der Waals surface area (Å²) in [6.45, 7) is 9.71. The Hall–Kier alpha value is -2.84. The quantitative estimate of drug-likeness (QED) is 0.269. The molecule has 226 valence electrons. The SMILES string of the molecule is C=C[C@@H]1C[C@]1(NC(=O)[C@@H]1CCCN1C(=O)[C@@H](NC(=O)OC1CCCC1)C(C)(C)C)P(=O)(O)Cc1ccccc1OC. The van der Waals surface area contributed by atoms with Gasteiger partial charge in [0.15, 0.2) is 0 Å². The summed E-state index contributed by atoms with van der Waals surface area (Å²) in [5, 5.41) is 4.29. The molecule has 1 heterocycles. The lowest BCUT2D eigenvalue weighted by Gasteiger charge is -2.36. The number of rotatable bonds is 10. The van der Waals surface area contributed by atoms with Crippen LogP contribution in [0.5, 0.6) is 5.75 Å². The largest absolute Gasteiger partial charge is 0.496 e. The first kappa shape index (κ1) is 31.1. The molecule has 0 radical (unpaired) electrons. The maximum Gasteiger partial charge on any atom is 0.408 e. The minimum Gasteiger partial charge on any atom is -0.496 e. The Kier molecular flexibility index (Phi) is 9.24. The lowest BCUT2D eigenvalue weighted by atomic mass is 9.85. The molecule has 1 aromatic carbocycles. The van der Waals surface area contributed by atoms with Crippen LogP contribution in [0.25, 0.3) is 0 Å². The Morgan fingerprint density at radius 3 is 2.49 bits per heavy atom. The van der Waals surface area contributed by atoms with E-state index in [1.165, 1.54) is 12.0 Å². The molecule has 11 heteroatoms. The monoisotopic (exact) mass is 589 g/mol. The van der Waals surface area contributed by atoms with E-state index in [2.05, 4.69) is 17.2 Å². The van der Waals surface area contributed by atoms with Crippen LogP contribution in [0.1, 0.15) is 71.3 Å². The molecule has 2 aliphatic carbocycles. The first-order chi connectivity index (χ1) is 19.3. The molecule has 1 unspecified atom stereocenters. The van der Waals surface area contributed by atoms with Gasteiger partial charge in [0, 0.05) is 18.0 Å². The second-order valence-corrected chi connectivity index (χ2v) is 15.1. The number of hydrogen-bond acceptors (Lipinski definition) is 6. The topological polar surface area (TPSA) is 134 Å². The minimum atomic E-state index is -4.00. The number of carbonyl (C=O) groups is 3. The third kappa shape index (κ3) is 6.64. The van der Waals surface area contributed by atoms with Crippen molar-refractivity contribution in [3.05, 3.63) is 42.5 Å². The predicted octanol–water partition coefficient (Wildman–Crippen LogP) is 4.56. The van der Waals surface area contributed by atoms with E-state index in [0.29, 0.717) is 30.7 Å². The van der Waals surface area contributed by atoms with Crippen molar-refractivity contribution in [2.45, 2.75) is 95.3 Å². The van der Waals surface area contributed by atoms with E-state index in [9.17, 15) is 23.8 Å². The molecule has 4 rings (SSSR count). The van der Waals surface area contributed by atoms with E-state index in [1.54, 1.807) is 30.3 Å². The average molecular weight is 590 g/mol. The van der Waals surface area contributed by atoms with Crippen LogP contribution < -0.4 is 15.4 Å². The number of nitrogens with one attached hydrogen (secondary N) is 2. The summed E-state index contributed by atoms with van der Waals surface area (Å²) in [5.41, 5.74) is -0.0678. The highest BCUT2D eigenvalue weighted by molar-refractivity contribution is 7.59. The second kappa shape index (κ2) is 12.2. The van der Waals surface area contributed by atoms with E-state index < -0.39 is 42.1 Å². The molecule has 2 saturated carbocycles. The molecule has 41 heavy (non-hydrogen) atoms. The molecule has 3 N–H and O–H groups in total. The lowest BCUT2D eigenvalue weighted by Crippen LogP contribution is -2.58. The molecule has 3 fully saturated rings. The zero-order valence-corrected chi connectivity index (χ0v) is 25.5. The van der Waals surface area contributed by atoms with Gasteiger partial charge in [0.05, 0.1) is 13.3 Å². The van der Waals surface area contributed by atoms with Gasteiger partial charge in [-0.25, -0.2) is 4.79 Å². The summed E-state index contributed by atoms with van der Waals surface area (Å²) >= 11 is 0. The first-order valence-electron chi connectivity index (χ1n) is 14.5. The summed E-state index contributed by atoms with van der Waals surface area (Å²) in [6, 6.07) is 5.28. The highest BCUT2D eigenvalue weighted by atomic mass is 31.2. The van der Waals surface area contributed by atoms with Crippen LogP contribution in [0.4, 0.5) is 4.79 Å². The van der Waals surface area contributed by atoms with Crippen LogP contribution >= 0.6 is 7.37 Å². The Labute approximate surface area is 242 Å². The third-order valence-electron chi connectivity index (χ3n) is 8.60. The van der Waals surface area contributed by atoms with E-state index in [4.69, 9.17) is 9.47 Å². The zero-order valence-electron chi connectivity index (χ0n) is 24.6. The smallest absolute Gasteiger partial charge is 0.408 e. The zero-order chi connectivity index (χ0) is 30.0. The summed E-state index contributed by atoms with van der Waals surface area (Å²) in [4.78, 5) is 53.1. The van der Waals surface area contributed by atoms with E-state index in [0.717, 1.165) is 25.7 Å². The fourth-order valence-electron chi connectivity index (χ4n) is 6.12. The maximum absolute atomic E-state index is 13.9. The number of alkyl carbamates (subject to hydrolysis) is 1. The lowest BCUT2D eigenvalue weighted by molar-refractivity contribution is -0.142. The highest BCUT2D eigenvalue weighted by Crippen LogP contribution is 2.71.